The average molecular weight is 763 g/mol. The largest absolute Gasteiger partial charge is 0.311 e. The van der Waals surface area contributed by atoms with Gasteiger partial charge in [0.1, 0.15) is 0 Å². The molecule has 0 saturated carbocycles. The summed E-state index contributed by atoms with van der Waals surface area (Å²) in [5, 5.41) is 12.8. The van der Waals surface area contributed by atoms with Gasteiger partial charge >= 0.3 is 0 Å². The Balaban J connectivity index is 0.934. The van der Waals surface area contributed by atoms with Crippen LogP contribution in [0.5, 0.6) is 0 Å². The summed E-state index contributed by atoms with van der Waals surface area (Å²) in [6.45, 7) is 0. The smallest absolute Gasteiger partial charge is 0.0547 e. The van der Waals surface area contributed by atoms with Crippen LogP contribution < -0.4 is 4.90 Å². The van der Waals surface area contributed by atoms with Gasteiger partial charge in [0.15, 0.2) is 0 Å². The Kier molecular flexibility index (Phi) is 7.89. The fourth-order valence-corrected chi connectivity index (χ4v) is 9.62. The predicted molar refractivity (Wildman–Crippen MR) is 256 cm³/mol. The quantitative estimate of drug-likeness (QED) is 0.153. The minimum Gasteiger partial charge on any atom is -0.311 e. The molecule has 0 spiro atoms. The van der Waals surface area contributed by atoms with Crippen LogP contribution in [-0.4, -0.2) is 4.57 Å². The van der Waals surface area contributed by atoms with Crippen LogP contribution in [0.4, 0.5) is 17.1 Å². The third kappa shape index (κ3) is 5.42. The van der Waals surface area contributed by atoms with Crippen molar-refractivity contribution in [3.05, 3.63) is 231 Å². The van der Waals surface area contributed by atoms with Gasteiger partial charge in [-0.3, -0.25) is 0 Å². The van der Waals surface area contributed by atoms with Crippen LogP contribution in [-0.2, 0) is 0 Å². The molecule has 0 radical (unpaired) electrons. The number of anilines is 3. The highest BCUT2D eigenvalue weighted by Crippen LogP contribution is 2.42. The minimum absolute atomic E-state index is 1.10. The molecule has 1 heterocycles. The summed E-state index contributed by atoms with van der Waals surface area (Å²) < 4.78 is 2.44. The molecule has 0 aliphatic rings. The molecule has 0 amide bonds. The summed E-state index contributed by atoms with van der Waals surface area (Å²) in [5.41, 5.74) is 11.6. The van der Waals surface area contributed by atoms with E-state index in [0.717, 1.165) is 22.7 Å². The Bertz CT molecular complexity index is 3550. The van der Waals surface area contributed by atoms with Crippen LogP contribution in [0, 0.1) is 0 Å². The lowest BCUT2D eigenvalue weighted by molar-refractivity contribution is 1.18. The van der Waals surface area contributed by atoms with Gasteiger partial charge in [0.25, 0.3) is 0 Å². The third-order valence-corrected chi connectivity index (χ3v) is 12.4. The Labute approximate surface area is 348 Å². The van der Waals surface area contributed by atoms with Crippen molar-refractivity contribution in [2.75, 3.05) is 4.90 Å². The molecule has 0 atom stereocenters. The van der Waals surface area contributed by atoms with Gasteiger partial charge in [-0.15, -0.1) is 0 Å². The van der Waals surface area contributed by atoms with Crippen LogP contribution in [0.2, 0.25) is 0 Å². The van der Waals surface area contributed by atoms with Crippen molar-refractivity contribution in [1.82, 2.24) is 4.57 Å². The van der Waals surface area contributed by atoms with E-state index in [9.17, 15) is 0 Å². The number of benzene rings is 11. The summed E-state index contributed by atoms with van der Waals surface area (Å²) in [6.07, 6.45) is 0. The number of para-hydroxylation sites is 3. The van der Waals surface area contributed by atoms with Crippen LogP contribution in [0.3, 0.4) is 0 Å². The van der Waals surface area contributed by atoms with Crippen LogP contribution in [0.25, 0.3) is 92.8 Å². The van der Waals surface area contributed by atoms with E-state index in [4.69, 9.17) is 0 Å². The molecule has 11 aromatic carbocycles. The van der Waals surface area contributed by atoms with Crippen LogP contribution in [0.1, 0.15) is 0 Å². The maximum absolute atomic E-state index is 2.44. The third-order valence-electron chi connectivity index (χ3n) is 12.4. The van der Waals surface area contributed by atoms with E-state index < -0.39 is 0 Å². The lowest BCUT2D eigenvalue weighted by Crippen LogP contribution is -2.09. The Morgan fingerprint density at radius 2 is 0.783 bits per heavy atom. The van der Waals surface area contributed by atoms with E-state index in [-0.39, 0.29) is 0 Å². The van der Waals surface area contributed by atoms with E-state index in [0.29, 0.717) is 0 Å². The monoisotopic (exact) mass is 762 g/mol. The summed E-state index contributed by atoms with van der Waals surface area (Å²) in [6, 6.07) is 84.1. The molecule has 60 heavy (non-hydrogen) atoms. The molecule has 0 aliphatic carbocycles. The number of rotatable bonds is 6. The van der Waals surface area contributed by atoms with Gasteiger partial charge < -0.3 is 9.47 Å². The van der Waals surface area contributed by atoms with Crippen LogP contribution >= 0.6 is 0 Å². The highest BCUT2D eigenvalue weighted by molar-refractivity contribution is 6.26. The maximum atomic E-state index is 2.44. The second-order valence-corrected chi connectivity index (χ2v) is 15.7. The molecule has 0 N–H and O–H groups in total. The van der Waals surface area contributed by atoms with Gasteiger partial charge in [0.05, 0.1) is 16.7 Å². The van der Waals surface area contributed by atoms with E-state index in [2.05, 4.69) is 240 Å². The highest BCUT2D eigenvalue weighted by Gasteiger charge is 2.19. The second kappa shape index (κ2) is 13.9. The zero-order chi connectivity index (χ0) is 39.6. The standard InChI is InChI=1S/C58H38N2/c1-2-15-43(16-3-1)59(44-32-26-39(27-33-44)42-30-36-52-50-21-7-6-19-48(50)49-20-8-9-22-51(49)54(52)38-42)45-34-28-41(29-35-45)46-17-10-12-24-55(46)60-56-25-13-11-23-53(56)58-47-18-5-4-14-40(47)31-37-57(58)60/h1-38H. The number of aromatic nitrogens is 1. The molecule has 12 rings (SSSR count). The molecule has 0 saturated heterocycles. The van der Waals surface area contributed by atoms with Gasteiger partial charge in [-0.2, -0.15) is 0 Å². The second-order valence-electron chi connectivity index (χ2n) is 15.7. The van der Waals surface area contributed by atoms with Crippen molar-refractivity contribution in [1.29, 1.82) is 0 Å². The van der Waals surface area contributed by atoms with Crippen molar-refractivity contribution in [3.8, 4) is 27.9 Å². The summed E-state index contributed by atoms with van der Waals surface area (Å²) in [4.78, 5) is 2.34. The predicted octanol–water partition coefficient (Wildman–Crippen LogP) is 16.2. The first-order chi connectivity index (χ1) is 29.8. The van der Waals surface area contributed by atoms with Gasteiger partial charge in [-0.25, -0.2) is 0 Å². The SMILES string of the molecule is c1ccc(N(c2ccc(-c3ccc4c5ccccc5c5ccccc5c4c3)cc2)c2ccc(-c3ccccc3-n3c4ccccc4c4c5ccccc5ccc43)cc2)cc1. The van der Waals surface area contributed by atoms with Crippen molar-refractivity contribution >= 4 is 82.0 Å². The average Bonchev–Trinajstić information content (AvgIpc) is 3.67. The molecule has 2 nitrogen and oxygen atoms in total. The molecule has 2 heteroatoms. The van der Waals surface area contributed by atoms with Gasteiger partial charge in [-0.05, 0) is 120 Å². The first kappa shape index (κ1) is 34.1. The normalized spacial score (nSPS) is 11.7. The van der Waals surface area contributed by atoms with Crippen molar-refractivity contribution in [2.45, 2.75) is 0 Å². The van der Waals surface area contributed by atoms with Crippen molar-refractivity contribution in [2.24, 2.45) is 0 Å². The van der Waals surface area contributed by atoms with Crippen molar-refractivity contribution in [3.63, 3.8) is 0 Å². The lowest BCUT2D eigenvalue weighted by atomic mass is 9.92. The topological polar surface area (TPSA) is 8.17 Å². The molecule has 280 valence electrons. The van der Waals surface area contributed by atoms with E-state index in [1.165, 1.54) is 87.1 Å². The molecule has 0 bridgehead atoms. The fourth-order valence-electron chi connectivity index (χ4n) is 9.62. The highest BCUT2D eigenvalue weighted by atomic mass is 15.1. The summed E-state index contributed by atoms with van der Waals surface area (Å²) in [7, 11) is 0. The Morgan fingerprint density at radius 1 is 0.283 bits per heavy atom. The van der Waals surface area contributed by atoms with Gasteiger partial charge in [0.2, 0.25) is 0 Å². The zero-order valence-corrected chi connectivity index (χ0v) is 32.8. The fraction of sp³-hybridized carbons (Fsp3) is 0. The number of hydrogen-bond donors (Lipinski definition) is 0. The molecule has 0 unspecified atom stereocenters. The van der Waals surface area contributed by atoms with E-state index in [1.807, 2.05) is 0 Å². The lowest BCUT2D eigenvalue weighted by Gasteiger charge is -2.26. The first-order valence-corrected chi connectivity index (χ1v) is 20.7. The molecule has 1 aromatic heterocycles. The number of fused-ring (bicyclic) bond motifs is 11. The Hall–Kier alpha value is -7.94. The molecular formula is C58H38N2. The van der Waals surface area contributed by atoms with E-state index >= 15 is 0 Å². The number of nitrogens with zero attached hydrogens (tertiary/aromatic N) is 2. The number of hydrogen-bond acceptors (Lipinski definition) is 1. The Morgan fingerprint density at radius 3 is 1.48 bits per heavy atom. The van der Waals surface area contributed by atoms with Gasteiger partial charge in [-0.1, -0.05) is 170 Å². The van der Waals surface area contributed by atoms with Gasteiger partial charge in [0, 0.05) is 33.4 Å². The molecule has 0 aliphatic heterocycles. The maximum Gasteiger partial charge on any atom is 0.0547 e. The molecular weight excluding hydrogens is 725 g/mol. The summed E-state index contributed by atoms with van der Waals surface area (Å²) >= 11 is 0. The van der Waals surface area contributed by atoms with Crippen molar-refractivity contribution < 1.29 is 0 Å². The first-order valence-electron chi connectivity index (χ1n) is 20.7. The molecule has 12 aromatic rings. The van der Waals surface area contributed by atoms with Crippen LogP contribution in [0.15, 0.2) is 231 Å². The minimum atomic E-state index is 1.10. The summed E-state index contributed by atoms with van der Waals surface area (Å²) in [5.74, 6) is 0. The molecule has 0 fully saturated rings. The van der Waals surface area contributed by atoms with E-state index in [1.54, 1.807) is 0 Å². The zero-order valence-electron chi connectivity index (χ0n) is 32.8.